The SMILES string of the molecule is Cc1cccc(CNc2cccc(C#N)n2)c1. The fourth-order valence-electron chi connectivity index (χ4n) is 1.61. The summed E-state index contributed by atoms with van der Waals surface area (Å²) in [6.07, 6.45) is 0. The molecule has 0 unspecified atom stereocenters. The van der Waals surface area contributed by atoms with Gasteiger partial charge in [-0.25, -0.2) is 4.98 Å². The van der Waals surface area contributed by atoms with Crippen LogP contribution >= 0.6 is 0 Å². The van der Waals surface area contributed by atoms with Gasteiger partial charge in [0.25, 0.3) is 0 Å². The zero-order chi connectivity index (χ0) is 12.1. The third kappa shape index (κ3) is 3.05. The Morgan fingerprint density at radius 3 is 2.82 bits per heavy atom. The van der Waals surface area contributed by atoms with Crippen molar-refractivity contribution in [1.82, 2.24) is 4.98 Å². The van der Waals surface area contributed by atoms with Gasteiger partial charge in [-0.2, -0.15) is 5.26 Å². The summed E-state index contributed by atoms with van der Waals surface area (Å²) in [4.78, 5) is 4.16. The maximum absolute atomic E-state index is 8.74. The smallest absolute Gasteiger partial charge is 0.142 e. The van der Waals surface area contributed by atoms with Gasteiger partial charge in [0.1, 0.15) is 17.6 Å². The molecule has 1 aromatic carbocycles. The van der Waals surface area contributed by atoms with Gasteiger partial charge in [-0.3, -0.25) is 0 Å². The Balaban J connectivity index is 2.05. The van der Waals surface area contributed by atoms with Crippen molar-refractivity contribution in [2.45, 2.75) is 13.5 Å². The molecule has 3 heteroatoms. The summed E-state index contributed by atoms with van der Waals surface area (Å²) in [5.74, 6) is 0.727. The lowest BCUT2D eigenvalue weighted by atomic mass is 10.1. The zero-order valence-electron chi connectivity index (χ0n) is 9.64. The number of nitrogens with one attached hydrogen (secondary N) is 1. The number of nitriles is 1. The summed E-state index contributed by atoms with van der Waals surface area (Å²) >= 11 is 0. The zero-order valence-corrected chi connectivity index (χ0v) is 9.64. The number of pyridine rings is 1. The second-order valence-corrected chi connectivity index (χ2v) is 3.86. The first-order valence-corrected chi connectivity index (χ1v) is 5.44. The molecule has 0 atom stereocenters. The molecule has 0 saturated carbocycles. The van der Waals surface area contributed by atoms with Gasteiger partial charge in [0.15, 0.2) is 0 Å². The maximum atomic E-state index is 8.74. The van der Waals surface area contributed by atoms with E-state index in [0.29, 0.717) is 12.2 Å². The number of nitrogens with zero attached hydrogens (tertiary/aromatic N) is 2. The molecular formula is C14H13N3. The highest BCUT2D eigenvalue weighted by atomic mass is 15.0. The van der Waals surface area contributed by atoms with E-state index in [1.54, 1.807) is 6.07 Å². The summed E-state index contributed by atoms with van der Waals surface area (Å²) in [6, 6.07) is 15.7. The first-order chi connectivity index (χ1) is 8.28. The molecule has 0 saturated heterocycles. The lowest BCUT2D eigenvalue weighted by Crippen LogP contribution is -2.01. The molecule has 17 heavy (non-hydrogen) atoms. The van der Waals surface area contributed by atoms with Crippen molar-refractivity contribution in [3.8, 4) is 6.07 Å². The van der Waals surface area contributed by atoms with Gasteiger partial charge >= 0.3 is 0 Å². The van der Waals surface area contributed by atoms with Crippen molar-refractivity contribution in [1.29, 1.82) is 5.26 Å². The van der Waals surface area contributed by atoms with Crippen molar-refractivity contribution < 1.29 is 0 Å². The minimum atomic E-state index is 0.430. The van der Waals surface area contributed by atoms with Gasteiger partial charge in [0.05, 0.1) is 0 Å². The number of benzene rings is 1. The van der Waals surface area contributed by atoms with Gasteiger partial charge in [0, 0.05) is 6.54 Å². The molecular weight excluding hydrogens is 210 g/mol. The highest BCUT2D eigenvalue weighted by Gasteiger charge is 1.97. The Hall–Kier alpha value is -2.34. The Kier molecular flexibility index (Phi) is 3.37. The number of aromatic nitrogens is 1. The van der Waals surface area contributed by atoms with Gasteiger partial charge in [-0.15, -0.1) is 0 Å². The summed E-state index contributed by atoms with van der Waals surface area (Å²) in [5.41, 5.74) is 2.87. The molecule has 2 rings (SSSR count). The third-order valence-corrected chi connectivity index (χ3v) is 2.42. The highest BCUT2D eigenvalue weighted by Crippen LogP contribution is 2.08. The van der Waals surface area contributed by atoms with Crippen LogP contribution in [-0.2, 0) is 6.54 Å². The number of aryl methyl sites for hydroxylation is 1. The van der Waals surface area contributed by atoms with Crippen molar-refractivity contribution in [2.75, 3.05) is 5.32 Å². The van der Waals surface area contributed by atoms with Crippen molar-refractivity contribution in [3.63, 3.8) is 0 Å². The molecule has 1 N–H and O–H groups in total. The topological polar surface area (TPSA) is 48.7 Å². The van der Waals surface area contributed by atoms with Crippen LogP contribution in [0.1, 0.15) is 16.8 Å². The molecule has 0 aliphatic heterocycles. The minimum absolute atomic E-state index is 0.430. The molecule has 2 aromatic rings. The average molecular weight is 223 g/mol. The first-order valence-electron chi connectivity index (χ1n) is 5.44. The van der Waals surface area contributed by atoms with E-state index in [9.17, 15) is 0 Å². The highest BCUT2D eigenvalue weighted by molar-refractivity contribution is 5.39. The van der Waals surface area contributed by atoms with E-state index < -0.39 is 0 Å². The van der Waals surface area contributed by atoms with Crippen LogP contribution in [-0.4, -0.2) is 4.98 Å². The van der Waals surface area contributed by atoms with Gasteiger partial charge in [-0.1, -0.05) is 35.9 Å². The van der Waals surface area contributed by atoms with Gasteiger partial charge in [0.2, 0.25) is 0 Å². The molecule has 0 bridgehead atoms. The Morgan fingerprint density at radius 2 is 2.06 bits per heavy atom. The first kappa shape index (κ1) is 11.2. The lowest BCUT2D eigenvalue weighted by molar-refractivity contribution is 1.10. The fourth-order valence-corrected chi connectivity index (χ4v) is 1.61. The molecule has 1 heterocycles. The Bertz CT molecular complexity index is 555. The number of anilines is 1. The predicted octanol–water partition coefficient (Wildman–Crippen LogP) is 2.87. The van der Waals surface area contributed by atoms with Crippen LogP contribution in [0.4, 0.5) is 5.82 Å². The van der Waals surface area contributed by atoms with Crippen molar-refractivity contribution >= 4 is 5.82 Å². The van der Waals surface area contributed by atoms with E-state index in [2.05, 4.69) is 35.4 Å². The quantitative estimate of drug-likeness (QED) is 0.870. The summed E-state index contributed by atoms with van der Waals surface area (Å²) in [7, 11) is 0. The molecule has 0 spiro atoms. The van der Waals surface area contributed by atoms with Crippen LogP contribution in [0.25, 0.3) is 0 Å². The van der Waals surface area contributed by atoms with E-state index in [-0.39, 0.29) is 0 Å². The van der Waals surface area contributed by atoms with Crippen LogP contribution in [0.2, 0.25) is 0 Å². The summed E-state index contributed by atoms with van der Waals surface area (Å²) < 4.78 is 0. The fraction of sp³-hybridized carbons (Fsp3) is 0.143. The molecule has 3 nitrogen and oxygen atoms in total. The van der Waals surface area contributed by atoms with Crippen LogP contribution in [0.3, 0.4) is 0 Å². The lowest BCUT2D eigenvalue weighted by Gasteiger charge is -2.06. The van der Waals surface area contributed by atoms with Crippen LogP contribution in [0, 0.1) is 18.3 Å². The van der Waals surface area contributed by atoms with E-state index >= 15 is 0 Å². The second-order valence-electron chi connectivity index (χ2n) is 3.86. The largest absolute Gasteiger partial charge is 0.366 e. The van der Waals surface area contributed by atoms with Crippen LogP contribution < -0.4 is 5.32 Å². The predicted molar refractivity (Wildman–Crippen MR) is 67.5 cm³/mol. The summed E-state index contributed by atoms with van der Waals surface area (Å²) in [5, 5.41) is 11.9. The van der Waals surface area contributed by atoms with E-state index in [1.807, 2.05) is 24.3 Å². The maximum Gasteiger partial charge on any atom is 0.142 e. The Morgan fingerprint density at radius 1 is 1.24 bits per heavy atom. The monoisotopic (exact) mass is 223 g/mol. The normalized spacial score (nSPS) is 9.65. The van der Waals surface area contributed by atoms with Gasteiger partial charge < -0.3 is 5.32 Å². The van der Waals surface area contributed by atoms with E-state index in [4.69, 9.17) is 5.26 Å². The van der Waals surface area contributed by atoms with Crippen molar-refractivity contribution in [3.05, 3.63) is 59.3 Å². The number of hydrogen-bond acceptors (Lipinski definition) is 3. The minimum Gasteiger partial charge on any atom is -0.366 e. The molecule has 0 radical (unpaired) electrons. The number of hydrogen-bond donors (Lipinski definition) is 1. The molecule has 84 valence electrons. The molecule has 1 aromatic heterocycles. The van der Waals surface area contributed by atoms with Crippen LogP contribution in [0.5, 0.6) is 0 Å². The van der Waals surface area contributed by atoms with E-state index in [0.717, 1.165) is 5.82 Å². The number of rotatable bonds is 3. The standard InChI is InChI=1S/C14H13N3/c1-11-4-2-5-12(8-11)10-16-14-7-3-6-13(9-15)17-14/h2-8H,10H2,1H3,(H,16,17). The molecule has 0 aliphatic rings. The second kappa shape index (κ2) is 5.13. The van der Waals surface area contributed by atoms with E-state index in [1.165, 1.54) is 11.1 Å². The molecule has 0 aliphatic carbocycles. The Labute approximate surface area is 101 Å². The van der Waals surface area contributed by atoms with Crippen molar-refractivity contribution in [2.24, 2.45) is 0 Å². The van der Waals surface area contributed by atoms with Gasteiger partial charge in [-0.05, 0) is 24.6 Å². The molecule has 0 amide bonds. The van der Waals surface area contributed by atoms with Crippen LogP contribution in [0.15, 0.2) is 42.5 Å². The third-order valence-electron chi connectivity index (χ3n) is 2.42. The average Bonchev–Trinajstić information content (AvgIpc) is 2.37. The summed E-state index contributed by atoms with van der Waals surface area (Å²) in [6.45, 7) is 2.78. The molecule has 0 fully saturated rings.